The average molecular weight is 388 g/mol. The molecule has 138 valence electrons. The van der Waals surface area contributed by atoms with Crippen LogP contribution in [0.5, 0.6) is 0 Å². The number of rotatable bonds is 0. The molecule has 0 unspecified atom stereocenters. The summed E-state index contributed by atoms with van der Waals surface area (Å²) in [6.45, 7) is 5.04. The van der Waals surface area contributed by atoms with Crippen molar-refractivity contribution in [3.05, 3.63) is 96.1 Å². The van der Waals surface area contributed by atoms with E-state index in [1.807, 2.05) is 0 Å². The Morgan fingerprint density at radius 3 is 1.52 bits per heavy atom. The summed E-state index contributed by atoms with van der Waals surface area (Å²) < 4.78 is 0. The molecule has 0 saturated carbocycles. The maximum atomic E-state index is 2.68. The third-order valence-corrected chi connectivity index (χ3v) is 10.8. The van der Waals surface area contributed by atoms with Crippen LogP contribution in [0.4, 0.5) is 11.4 Å². The predicted molar refractivity (Wildman–Crippen MR) is 124 cm³/mol. The average Bonchev–Trinajstić information content (AvgIpc) is 2.77. The normalized spacial score (nSPS) is 16.7. The van der Waals surface area contributed by atoms with Crippen LogP contribution in [0, 0.1) is 0 Å². The smallest absolute Gasteiger partial charge is 0.117 e. The van der Waals surface area contributed by atoms with Crippen LogP contribution in [0.25, 0.3) is 22.3 Å². The summed E-state index contributed by atoms with van der Waals surface area (Å²) in [5, 5.41) is 3.14. The highest BCUT2D eigenvalue weighted by Crippen LogP contribution is 2.57. The van der Waals surface area contributed by atoms with Crippen molar-refractivity contribution >= 4 is 29.8 Å². The van der Waals surface area contributed by atoms with Gasteiger partial charge in [0.05, 0.1) is 6.04 Å². The highest BCUT2D eigenvalue weighted by Gasteiger charge is 2.47. The van der Waals surface area contributed by atoms with Gasteiger partial charge in [-0.05, 0) is 32.6 Å². The van der Waals surface area contributed by atoms with Crippen LogP contribution in [-0.4, -0.2) is 8.07 Å². The third-order valence-electron chi connectivity index (χ3n) is 7.25. The van der Waals surface area contributed by atoms with Crippen molar-refractivity contribution in [2.45, 2.75) is 19.1 Å². The van der Waals surface area contributed by atoms with Gasteiger partial charge in [-0.15, -0.1) is 0 Å². The quantitative estimate of drug-likeness (QED) is 0.349. The zero-order valence-electron chi connectivity index (χ0n) is 16.6. The van der Waals surface area contributed by atoms with Gasteiger partial charge in [-0.25, -0.2) is 0 Å². The summed E-state index contributed by atoms with van der Waals surface area (Å²) in [4.78, 5) is 2.68. The fraction of sp³-hybridized carbons (Fsp3) is 0.111. The van der Waals surface area contributed by atoms with E-state index < -0.39 is 8.07 Å². The van der Waals surface area contributed by atoms with E-state index in [0.29, 0.717) is 0 Å². The molecule has 0 amide bonds. The van der Waals surface area contributed by atoms with E-state index in [9.17, 15) is 0 Å². The molecule has 7 rings (SSSR count). The summed E-state index contributed by atoms with van der Waals surface area (Å²) >= 11 is 0. The van der Waals surface area contributed by atoms with Gasteiger partial charge < -0.3 is 4.90 Å². The van der Waals surface area contributed by atoms with Crippen molar-refractivity contribution in [2.75, 3.05) is 4.90 Å². The number of anilines is 2. The van der Waals surface area contributed by atoms with Crippen LogP contribution in [-0.2, 0) is 0 Å². The molecule has 0 radical (unpaired) electrons. The molecule has 3 aliphatic heterocycles. The van der Waals surface area contributed by atoms with Crippen LogP contribution >= 0.6 is 0 Å². The molecule has 0 spiro atoms. The highest BCUT2D eigenvalue weighted by molar-refractivity contribution is 7.03. The lowest BCUT2D eigenvalue weighted by Gasteiger charge is -2.51. The number of benzene rings is 4. The Balaban J connectivity index is 1.74. The van der Waals surface area contributed by atoms with Crippen molar-refractivity contribution in [1.82, 2.24) is 0 Å². The first-order valence-electron chi connectivity index (χ1n) is 10.4. The standard InChI is InChI=1S/C27H21NSi/c1-29(2)23-15-7-13-21-17-9-3-5-11-19(17)25-20-12-6-4-10-18(20)22-14-8-16-24(29)27(22)28(25)26(21)23/h3-16,25H,1-2H3. The van der Waals surface area contributed by atoms with Crippen molar-refractivity contribution in [3.8, 4) is 22.3 Å². The fourth-order valence-electron chi connectivity index (χ4n) is 5.97. The van der Waals surface area contributed by atoms with E-state index in [1.165, 1.54) is 44.8 Å². The number of para-hydroxylation sites is 2. The second-order valence-electron chi connectivity index (χ2n) is 8.98. The molecule has 0 aliphatic carbocycles. The van der Waals surface area contributed by atoms with Gasteiger partial charge in [-0.1, -0.05) is 98.0 Å². The molecule has 0 fully saturated rings. The number of hydrogen-bond donors (Lipinski definition) is 0. The molecule has 0 atom stereocenters. The minimum absolute atomic E-state index is 0.245. The minimum Gasteiger partial charge on any atom is -0.329 e. The maximum Gasteiger partial charge on any atom is 0.117 e. The second-order valence-corrected chi connectivity index (χ2v) is 13.3. The highest BCUT2D eigenvalue weighted by atomic mass is 28.3. The van der Waals surface area contributed by atoms with E-state index in [-0.39, 0.29) is 6.04 Å². The lowest BCUT2D eigenvalue weighted by atomic mass is 9.78. The summed E-state index contributed by atoms with van der Waals surface area (Å²) in [6.07, 6.45) is 0. The second kappa shape index (κ2) is 5.08. The van der Waals surface area contributed by atoms with Gasteiger partial charge in [-0.2, -0.15) is 0 Å². The Labute approximate surface area is 172 Å². The maximum absolute atomic E-state index is 2.68. The van der Waals surface area contributed by atoms with Crippen LogP contribution in [0.2, 0.25) is 13.1 Å². The number of nitrogens with zero attached hydrogens (tertiary/aromatic N) is 1. The van der Waals surface area contributed by atoms with Crippen LogP contribution < -0.4 is 15.3 Å². The lowest BCUT2D eigenvalue weighted by Crippen LogP contribution is -2.60. The van der Waals surface area contributed by atoms with Crippen LogP contribution in [0.1, 0.15) is 17.2 Å². The molecule has 3 heterocycles. The Morgan fingerprint density at radius 2 is 1.00 bits per heavy atom. The zero-order valence-corrected chi connectivity index (χ0v) is 17.6. The first kappa shape index (κ1) is 15.8. The lowest BCUT2D eigenvalue weighted by molar-refractivity contribution is 0.804. The predicted octanol–water partition coefficient (Wildman–Crippen LogP) is 5.71. The topological polar surface area (TPSA) is 3.24 Å². The summed E-state index contributed by atoms with van der Waals surface area (Å²) in [6, 6.07) is 32.3. The molecular weight excluding hydrogens is 366 g/mol. The molecule has 4 aromatic carbocycles. The molecule has 29 heavy (non-hydrogen) atoms. The van der Waals surface area contributed by atoms with Crippen LogP contribution in [0.15, 0.2) is 84.9 Å². The Morgan fingerprint density at radius 1 is 0.552 bits per heavy atom. The first-order valence-corrected chi connectivity index (χ1v) is 13.4. The molecular formula is C27H21NSi. The van der Waals surface area contributed by atoms with Crippen molar-refractivity contribution in [2.24, 2.45) is 0 Å². The van der Waals surface area contributed by atoms with Gasteiger partial charge in [0.2, 0.25) is 0 Å². The SMILES string of the molecule is C[Si]1(C)c2cccc3c2N2c4c(cccc41)-c1ccccc1C2c1ccccc1-3. The van der Waals surface area contributed by atoms with Crippen molar-refractivity contribution in [1.29, 1.82) is 0 Å². The van der Waals surface area contributed by atoms with E-state index in [1.54, 1.807) is 10.4 Å². The van der Waals surface area contributed by atoms with Gasteiger partial charge >= 0.3 is 0 Å². The molecule has 0 saturated heterocycles. The van der Waals surface area contributed by atoms with Gasteiger partial charge in [-0.3, -0.25) is 0 Å². The van der Waals surface area contributed by atoms with E-state index in [2.05, 4.69) is 103 Å². The van der Waals surface area contributed by atoms with Gasteiger partial charge in [0.15, 0.2) is 0 Å². The molecule has 3 aliphatic rings. The zero-order chi connectivity index (χ0) is 19.3. The van der Waals surface area contributed by atoms with Crippen molar-refractivity contribution in [3.63, 3.8) is 0 Å². The molecule has 2 heteroatoms. The summed E-state index contributed by atoms with van der Waals surface area (Å²) in [5.41, 5.74) is 11.4. The van der Waals surface area contributed by atoms with Crippen molar-refractivity contribution < 1.29 is 0 Å². The Bertz CT molecular complexity index is 1250. The third kappa shape index (κ3) is 1.73. The molecule has 1 nitrogen and oxygen atoms in total. The van der Waals surface area contributed by atoms with Gasteiger partial charge in [0.1, 0.15) is 8.07 Å². The van der Waals surface area contributed by atoms with E-state index >= 15 is 0 Å². The van der Waals surface area contributed by atoms with Gasteiger partial charge in [0, 0.05) is 22.5 Å². The largest absolute Gasteiger partial charge is 0.329 e. The number of hydrogen-bond acceptors (Lipinski definition) is 1. The molecule has 4 aromatic rings. The number of fused-ring (bicyclic) bond motifs is 6. The molecule has 0 aromatic heterocycles. The van der Waals surface area contributed by atoms with E-state index in [4.69, 9.17) is 0 Å². The van der Waals surface area contributed by atoms with Crippen LogP contribution in [0.3, 0.4) is 0 Å². The summed E-state index contributed by atoms with van der Waals surface area (Å²) in [5.74, 6) is 0. The fourth-order valence-corrected chi connectivity index (χ4v) is 8.98. The molecule has 0 N–H and O–H groups in total. The minimum atomic E-state index is -1.80. The van der Waals surface area contributed by atoms with Gasteiger partial charge in [0.25, 0.3) is 0 Å². The summed E-state index contributed by atoms with van der Waals surface area (Å²) in [7, 11) is -1.80. The molecule has 0 bridgehead atoms. The Kier molecular flexibility index (Phi) is 2.76. The first-order chi connectivity index (χ1) is 14.2. The Hall–Kier alpha value is -3.10. The van der Waals surface area contributed by atoms with E-state index in [0.717, 1.165) is 0 Å². The monoisotopic (exact) mass is 387 g/mol.